The van der Waals surface area contributed by atoms with Crippen LogP contribution < -0.4 is 5.32 Å². The van der Waals surface area contributed by atoms with Crippen molar-refractivity contribution in [2.45, 2.75) is 12.8 Å². The van der Waals surface area contributed by atoms with Gasteiger partial charge in [-0.3, -0.25) is 0 Å². The molecule has 2 nitrogen and oxygen atoms in total. The minimum absolute atomic E-state index is 0. The first kappa shape index (κ1) is 15.0. The van der Waals surface area contributed by atoms with Crippen LogP contribution in [0.5, 0.6) is 0 Å². The summed E-state index contributed by atoms with van der Waals surface area (Å²) in [6, 6.07) is 6.64. The quantitative estimate of drug-likeness (QED) is 0.853. The molecule has 1 saturated heterocycles. The third-order valence-corrected chi connectivity index (χ3v) is 3.20. The number of hydrogen-bond acceptors (Lipinski definition) is 2. The van der Waals surface area contributed by atoms with Crippen molar-refractivity contribution in [1.82, 2.24) is 5.32 Å². The van der Waals surface area contributed by atoms with Crippen molar-refractivity contribution < 1.29 is 9.13 Å². The van der Waals surface area contributed by atoms with Crippen LogP contribution in [-0.4, -0.2) is 20.2 Å². The smallest absolute Gasteiger partial charge is 0.123 e. The van der Waals surface area contributed by atoms with Gasteiger partial charge in [-0.25, -0.2) is 4.39 Å². The summed E-state index contributed by atoms with van der Waals surface area (Å²) in [5.74, 6) is 0.303. The molecule has 0 aliphatic carbocycles. The van der Waals surface area contributed by atoms with Crippen molar-refractivity contribution in [2.75, 3.05) is 20.2 Å². The van der Waals surface area contributed by atoms with Gasteiger partial charge in [0.2, 0.25) is 0 Å². The summed E-state index contributed by atoms with van der Waals surface area (Å²) in [6.45, 7) is 2.07. The Morgan fingerprint density at radius 2 is 1.89 bits per heavy atom. The van der Waals surface area contributed by atoms with Crippen LogP contribution in [0, 0.1) is 11.7 Å². The second kappa shape index (κ2) is 7.39. The van der Waals surface area contributed by atoms with Crippen molar-refractivity contribution in [1.29, 1.82) is 0 Å². The van der Waals surface area contributed by atoms with Crippen LogP contribution in [0.3, 0.4) is 0 Å². The Morgan fingerprint density at radius 1 is 1.28 bits per heavy atom. The summed E-state index contributed by atoms with van der Waals surface area (Å²) in [5.41, 5.74) is 2.23. The van der Waals surface area contributed by atoms with Crippen LogP contribution in [0.4, 0.5) is 4.39 Å². The molecular formula is C14H19ClFNO. The standard InChI is InChI=1S/C14H18FNO.ClH/c1-17-10-14(12-6-8-16-9-7-12)11-2-4-13(15)5-3-11;/h2-5,10,12,16H,6-9H2,1H3;1H/b14-10-;. The number of benzene rings is 1. The number of allylic oxidation sites excluding steroid dienone is 1. The maximum Gasteiger partial charge on any atom is 0.123 e. The second-order valence-electron chi connectivity index (χ2n) is 4.34. The third kappa shape index (κ3) is 3.72. The van der Waals surface area contributed by atoms with Gasteiger partial charge in [0.05, 0.1) is 13.4 Å². The molecule has 0 amide bonds. The van der Waals surface area contributed by atoms with Crippen molar-refractivity contribution in [3.63, 3.8) is 0 Å². The van der Waals surface area contributed by atoms with Gasteiger partial charge in [0.1, 0.15) is 5.82 Å². The van der Waals surface area contributed by atoms with Crippen LogP contribution in [0.1, 0.15) is 18.4 Å². The summed E-state index contributed by atoms with van der Waals surface area (Å²) in [4.78, 5) is 0. The van der Waals surface area contributed by atoms with Crippen LogP contribution in [0.2, 0.25) is 0 Å². The minimum atomic E-state index is -0.198. The first-order valence-corrected chi connectivity index (χ1v) is 6.01. The predicted molar refractivity (Wildman–Crippen MR) is 74.2 cm³/mol. The molecule has 100 valence electrons. The van der Waals surface area contributed by atoms with E-state index >= 15 is 0 Å². The molecule has 1 aromatic carbocycles. The van der Waals surface area contributed by atoms with E-state index in [1.165, 1.54) is 17.7 Å². The molecule has 18 heavy (non-hydrogen) atoms. The van der Waals surface area contributed by atoms with E-state index in [2.05, 4.69) is 5.32 Å². The number of ether oxygens (including phenoxy) is 1. The lowest BCUT2D eigenvalue weighted by atomic mass is 9.86. The Labute approximate surface area is 114 Å². The van der Waals surface area contributed by atoms with Gasteiger partial charge in [0, 0.05) is 0 Å². The normalized spacial score (nSPS) is 17.1. The molecule has 0 unspecified atom stereocenters. The zero-order valence-electron chi connectivity index (χ0n) is 10.5. The van der Waals surface area contributed by atoms with Crippen molar-refractivity contribution in [3.8, 4) is 0 Å². The number of methoxy groups -OCH3 is 1. The molecule has 1 aliphatic rings. The Morgan fingerprint density at radius 3 is 2.44 bits per heavy atom. The summed E-state index contributed by atoms with van der Waals surface area (Å²) >= 11 is 0. The SMILES string of the molecule is CO/C=C(/c1ccc(F)cc1)C1CCNCC1.Cl. The molecule has 0 radical (unpaired) electrons. The molecule has 0 saturated carbocycles. The number of rotatable bonds is 3. The van der Waals surface area contributed by atoms with E-state index in [0.717, 1.165) is 31.5 Å². The molecule has 2 rings (SSSR count). The lowest BCUT2D eigenvalue weighted by molar-refractivity contribution is 0.333. The predicted octanol–water partition coefficient (Wildman–Crippen LogP) is 3.23. The maximum atomic E-state index is 12.9. The molecule has 1 fully saturated rings. The molecule has 1 N–H and O–H groups in total. The molecule has 1 aliphatic heterocycles. The second-order valence-corrected chi connectivity index (χ2v) is 4.34. The monoisotopic (exact) mass is 271 g/mol. The van der Waals surface area contributed by atoms with E-state index in [0.29, 0.717) is 5.92 Å². The number of halogens is 2. The average Bonchev–Trinajstić information content (AvgIpc) is 2.38. The summed E-state index contributed by atoms with van der Waals surface area (Å²) < 4.78 is 18.1. The lowest BCUT2D eigenvalue weighted by Gasteiger charge is -2.25. The van der Waals surface area contributed by atoms with Crippen LogP contribution in [0.15, 0.2) is 30.5 Å². The number of piperidine rings is 1. The van der Waals surface area contributed by atoms with Crippen LogP contribution in [0.25, 0.3) is 5.57 Å². The van der Waals surface area contributed by atoms with E-state index in [1.54, 1.807) is 13.4 Å². The summed E-state index contributed by atoms with van der Waals surface area (Å²) in [6.07, 6.45) is 4.00. The fourth-order valence-corrected chi connectivity index (χ4v) is 2.30. The van der Waals surface area contributed by atoms with E-state index < -0.39 is 0 Å². The van der Waals surface area contributed by atoms with Crippen molar-refractivity contribution in [3.05, 3.63) is 41.9 Å². The van der Waals surface area contributed by atoms with Gasteiger partial charge >= 0.3 is 0 Å². The third-order valence-electron chi connectivity index (χ3n) is 3.20. The van der Waals surface area contributed by atoms with Gasteiger partial charge in [-0.05, 0) is 55.1 Å². The zero-order chi connectivity index (χ0) is 12.1. The first-order valence-electron chi connectivity index (χ1n) is 6.01. The van der Waals surface area contributed by atoms with Crippen molar-refractivity contribution in [2.24, 2.45) is 5.92 Å². The van der Waals surface area contributed by atoms with E-state index in [4.69, 9.17) is 4.74 Å². The lowest BCUT2D eigenvalue weighted by Crippen LogP contribution is -2.28. The van der Waals surface area contributed by atoms with E-state index in [1.807, 2.05) is 12.1 Å². The van der Waals surface area contributed by atoms with Gasteiger partial charge in [0.15, 0.2) is 0 Å². The highest BCUT2D eigenvalue weighted by atomic mass is 35.5. The molecule has 0 spiro atoms. The van der Waals surface area contributed by atoms with Crippen LogP contribution in [-0.2, 0) is 4.74 Å². The van der Waals surface area contributed by atoms with Crippen LogP contribution >= 0.6 is 12.4 Å². The number of nitrogens with one attached hydrogen (secondary N) is 1. The highest BCUT2D eigenvalue weighted by molar-refractivity contribution is 5.85. The van der Waals surface area contributed by atoms with E-state index in [9.17, 15) is 4.39 Å². The molecular weight excluding hydrogens is 253 g/mol. The van der Waals surface area contributed by atoms with Crippen molar-refractivity contribution >= 4 is 18.0 Å². The number of hydrogen-bond donors (Lipinski definition) is 1. The molecule has 0 bridgehead atoms. The molecule has 1 aromatic rings. The maximum absolute atomic E-state index is 12.9. The largest absolute Gasteiger partial charge is 0.504 e. The highest BCUT2D eigenvalue weighted by Crippen LogP contribution is 2.30. The highest BCUT2D eigenvalue weighted by Gasteiger charge is 2.19. The first-order chi connectivity index (χ1) is 8.31. The minimum Gasteiger partial charge on any atom is -0.504 e. The fraction of sp³-hybridized carbons (Fsp3) is 0.429. The molecule has 1 heterocycles. The van der Waals surface area contributed by atoms with Gasteiger partial charge < -0.3 is 10.1 Å². The average molecular weight is 272 g/mol. The van der Waals surface area contributed by atoms with Gasteiger partial charge in [-0.2, -0.15) is 0 Å². The zero-order valence-corrected chi connectivity index (χ0v) is 11.3. The fourth-order valence-electron chi connectivity index (χ4n) is 2.30. The Bertz CT molecular complexity index is 385. The van der Waals surface area contributed by atoms with Gasteiger partial charge in [-0.1, -0.05) is 12.1 Å². The Kier molecular flexibility index (Phi) is 6.16. The topological polar surface area (TPSA) is 21.3 Å². The Hall–Kier alpha value is -1.06. The molecule has 0 aromatic heterocycles. The molecule has 4 heteroatoms. The van der Waals surface area contributed by atoms with E-state index in [-0.39, 0.29) is 18.2 Å². The summed E-state index contributed by atoms with van der Waals surface area (Å²) in [7, 11) is 1.66. The Balaban J connectivity index is 0.00000162. The van der Waals surface area contributed by atoms with Gasteiger partial charge in [-0.15, -0.1) is 12.4 Å². The van der Waals surface area contributed by atoms with Gasteiger partial charge in [0.25, 0.3) is 0 Å². The summed E-state index contributed by atoms with van der Waals surface area (Å²) in [5, 5.41) is 3.34. The molecule has 0 atom stereocenters.